The maximum absolute atomic E-state index is 12.0. The van der Waals surface area contributed by atoms with Crippen LogP contribution in [0.3, 0.4) is 0 Å². The summed E-state index contributed by atoms with van der Waals surface area (Å²) in [4.78, 5) is 24.4. The van der Waals surface area contributed by atoms with Gasteiger partial charge in [-0.05, 0) is 5.92 Å². The highest BCUT2D eigenvalue weighted by molar-refractivity contribution is 5.87. The lowest BCUT2D eigenvalue weighted by molar-refractivity contribution is -0.149. The number of hydrogen-bond acceptors (Lipinski definition) is 4. The summed E-state index contributed by atoms with van der Waals surface area (Å²) in [5.74, 6) is -1.33. The first-order valence-electron chi connectivity index (χ1n) is 5.70. The molecule has 0 radical (unpaired) electrons. The van der Waals surface area contributed by atoms with Crippen LogP contribution >= 0.6 is 0 Å². The molecule has 0 aromatic rings. The molecule has 1 saturated heterocycles. The summed E-state index contributed by atoms with van der Waals surface area (Å²) in [7, 11) is 1.51. The van der Waals surface area contributed by atoms with E-state index in [1.807, 2.05) is 13.8 Å². The van der Waals surface area contributed by atoms with Crippen molar-refractivity contribution >= 4 is 11.9 Å². The van der Waals surface area contributed by atoms with Gasteiger partial charge in [0.15, 0.2) is 0 Å². The summed E-state index contributed by atoms with van der Waals surface area (Å²) < 4.78 is 5.11. The Labute approximate surface area is 101 Å². The Bertz CT molecular complexity index is 306. The van der Waals surface area contributed by atoms with Gasteiger partial charge in [-0.1, -0.05) is 13.8 Å². The first kappa shape index (κ1) is 13.9. The predicted octanol–water partition coefficient (Wildman–Crippen LogP) is -0.330. The molecule has 0 aromatic carbocycles. The first-order chi connectivity index (χ1) is 7.88. The molecule has 2 unspecified atom stereocenters. The fourth-order valence-corrected chi connectivity index (χ4v) is 1.92. The zero-order valence-corrected chi connectivity index (χ0v) is 10.4. The van der Waals surface area contributed by atoms with Crippen LogP contribution in [0.2, 0.25) is 0 Å². The Morgan fingerprint density at radius 1 is 1.47 bits per heavy atom. The van der Waals surface area contributed by atoms with Gasteiger partial charge in [0.25, 0.3) is 0 Å². The number of nitrogens with two attached hydrogens (primary N) is 1. The van der Waals surface area contributed by atoms with Crippen LogP contribution in [0.4, 0.5) is 0 Å². The SMILES string of the molecule is COC1CC(C(=O)O)N(C(=O)[C@H](N)C(C)C)C1. The maximum Gasteiger partial charge on any atom is 0.326 e. The Kier molecular flexibility index (Phi) is 4.47. The number of amides is 1. The van der Waals surface area contributed by atoms with E-state index >= 15 is 0 Å². The van der Waals surface area contributed by atoms with Crippen molar-refractivity contribution in [2.45, 2.75) is 38.5 Å². The van der Waals surface area contributed by atoms with Crippen molar-refractivity contribution < 1.29 is 19.4 Å². The van der Waals surface area contributed by atoms with Gasteiger partial charge in [0, 0.05) is 20.1 Å². The van der Waals surface area contributed by atoms with Gasteiger partial charge in [0.1, 0.15) is 6.04 Å². The van der Waals surface area contributed by atoms with Crippen LogP contribution in [0.25, 0.3) is 0 Å². The van der Waals surface area contributed by atoms with Crippen molar-refractivity contribution in [3.63, 3.8) is 0 Å². The number of carboxylic acid groups (broad SMARTS) is 1. The molecule has 1 rings (SSSR count). The molecule has 0 saturated carbocycles. The molecule has 6 nitrogen and oxygen atoms in total. The monoisotopic (exact) mass is 244 g/mol. The Balaban J connectivity index is 2.80. The minimum absolute atomic E-state index is 0.0152. The summed E-state index contributed by atoms with van der Waals surface area (Å²) >= 11 is 0. The van der Waals surface area contributed by atoms with E-state index in [0.29, 0.717) is 13.0 Å². The molecule has 98 valence electrons. The molecular formula is C11H20N2O4. The lowest BCUT2D eigenvalue weighted by Gasteiger charge is -2.26. The van der Waals surface area contributed by atoms with Crippen LogP contribution in [0.15, 0.2) is 0 Å². The van der Waals surface area contributed by atoms with E-state index in [1.165, 1.54) is 12.0 Å². The number of methoxy groups -OCH3 is 1. The molecule has 0 spiro atoms. The molecule has 1 aliphatic heterocycles. The highest BCUT2D eigenvalue weighted by atomic mass is 16.5. The lowest BCUT2D eigenvalue weighted by Crippen LogP contribution is -2.50. The molecule has 3 N–H and O–H groups in total. The van der Waals surface area contributed by atoms with Crippen molar-refractivity contribution in [2.24, 2.45) is 11.7 Å². The average Bonchev–Trinajstić information content (AvgIpc) is 2.70. The van der Waals surface area contributed by atoms with Crippen molar-refractivity contribution in [1.29, 1.82) is 0 Å². The second kappa shape index (κ2) is 5.46. The summed E-state index contributed by atoms with van der Waals surface area (Å²) in [6.45, 7) is 3.97. The highest BCUT2D eigenvalue weighted by Gasteiger charge is 2.41. The molecule has 0 bridgehead atoms. The smallest absolute Gasteiger partial charge is 0.326 e. The third-order valence-corrected chi connectivity index (χ3v) is 3.17. The predicted molar refractivity (Wildman–Crippen MR) is 61.4 cm³/mol. The number of carbonyl (C=O) groups is 2. The number of carboxylic acids is 1. The molecule has 1 aliphatic rings. The fourth-order valence-electron chi connectivity index (χ4n) is 1.92. The van der Waals surface area contributed by atoms with Crippen LogP contribution in [-0.4, -0.2) is 53.7 Å². The van der Waals surface area contributed by atoms with Gasteiger partial charge in [0.05, 0.1) is 12.1 Å². The van der Waals surface area contributed by atoms with Crippen molar-refractivity contribution in [2.75, 3.05) is 13.7 Å². The van der Waals surface area contributed by atoms with Gasteiger partial charge in [-0.25, -0.2) is 4.79 Å². The molecule has 3 atom stereocenters. The van der Waals surface area contributed by atoms with E-state index in [-0.39, 0.29) is 17.9 Å². The van der Waals surface area contributed by atoms with E-state index < -0.39 is 18.1 Å². The number of ether oxygens (including phenoxy) is 1. The van der Waals surface area contributed by atoms with Gasteiger partial charge in [-0.3, -0.25) is 4.79 Å². The minimum atomic E-state index is -1.01. The number of nitrogens with zero attached hydrogens (tertiary/aromatic N) is 1. The summed E-state index contributed by atoms with van der Waals surface area (Å²) in [5, 5.41) is 9.08. The molecule has 1 fully saturated rings. The Morgan fingerprint density at radius 2 is 2.06 bits per heavy atom. The minimum Gasteiger partial charge on any atom is -0.480 e. The molecular weight excluding hydrogens is 224 g/mol. The molecule has 1 amide bonds. The zero-order valence-electron chi connectivity index (χ0n) is 10.4. The Hall–Kier alpha value is -1.14. The van der Waals surface area contributed by atoms with Crippen LogP contribution in [0.1, 0.15) is 20.3 Å². The number of aliphatic carboxylic acids is 1. The average molecular weight is 244 g/mol. The Morgan fingerprint density at radius 3 is 2.47 bits per heavy atom. The third kappa shape index (κ3) is 2.95. The quantitative estimate of drug-likeness (QED) is 0.706. The summed E-state index contributed by atoms with van der Waals surface area (Å²) in [6, 6.07) is -1.48. The van der Waals surface area contributed by atoms with Crippen LogP contribution in [0, 0.1) is 5.92 Å². The van der Waals surface area contributed by atoms with Crippen molar-refractivity contribution in [3.8, 4) is 0 Å². The van der Waals surface area contributed by atoms with E-state index in [4.69, 9.17) is 15.6 Å². The maximum atomic E-state index is 12.0. The van der Waals surface area contributed by atoms with E-state index in [9.17, 15) is 9.59 Å². The fraction of sp³-hybridized carbons (Fsp3) is 0.818. The van der Waals surface area contributed by atoms with Gasteiger partial charge in [0.2, 0.25) is 5.91 Å². The molecule has 0 aliphatic carbocycles. The van der Waals surface area contributed by atoms with Crippen LogP contribution < -0.4 is 5.73 Å². The topological polar surface area (TPSA) is 92.9 Å². The summed E-state index contributed by atoms with van der Waals surface area (Å²) in [5.41, 5.74) is 5.76. The number of carbonyl (C=O) groups excluding carboxylic acids is 1. The number of rotatable bonds is 4. The third-order valence-electron chi connectivity index (χ3n) is 3.17. The summed E-state index contributed by atoms with van der Waals surface area (Å²) in [6.07, 6.45) is 0.0990. The number of likely N-dealkylation sites (tertiary alicyclic amines) is 1. The molecule has 0 aromatic heterocycles. The van der Waals surface area contributed by atoms with Gasteiger partial charge >= 0.3 is 5.97 Å². The first-order valence-corrected chi connectivity index (χ1v) is 5.70. The molecule has 6 heteroatoms. The second-order valence-electron chi connectivity index (χ2n) is 4.71. The molecule has 17 heavy (non-hydrogen) atoms. The van der Waals surface area contributed by atoms with Gasteiger partial charge in [-0.2, -0.15) is 0 Å². The normalized spacial score (nSPS) is 26.3. The van der Waals surface area contributed by atoms with Gasteiger partial charge in [-0.15, -0.1) is 0 Å². The van der Waals surface area contributed by atoms with Crippen molar-refractivity contribution in [1.82, 2.24) is 4.90 Å². The number of hydrogen-bond donors (Lipinski definition) is 2. The van der Waals surface area contributed by atoms with Crippen molar-refractivity contribution in [3.05, 3.63) is 0 Å². The van der Waals surface area contributed by atoms with E-state index in [2.05, 4.69) is 0 Å². The van der Waals surface area contributed by atoms with Gasteiger partial charge < -0.3 is 20.5 Å². The van der Waals surface area contributed by atoms with E-state index in [1.54, 1.807) is 0 Å². The second-order valence-corrected chi connectivity index (χ2v) is 4.71. The largest absolute Gasteiger partial charge is 0.480 e. The highest BCUT2D eigenvalue weighted by Crippen LogP contribution is 2.22. The van der Waals surface area contributed by atoms with Crippen LogP contribution in [0.5, 0.6) is 0 Å². The lowest BCUT2D eigenvalue weighted by atomic mass is 10.0. The standard InChI is InChI=1S/C11H20N2O4/c1-6(2)9(12)10(14)13-5-7(17-3)4-8(13)11(15)16/h6-9H,4-5,12H2,1-3H3,(H,15,16)/t7?,8?,9-/m1/s1. The molecule has 1 heterocycles. The van der Waals surface area contributed by atoms with Crippen LogP contribution in [-0.2, 0) is 14.3 Å². The zero-order chi connectivity index (χ0) is 13.2. The van der Waals surface area contributed by atoms with E-state index in [0.717, 1.165) is 0 Å².